The first kappa shape index (κ1) is 24.2. The summed E-state index contributed by atoms with van der Waals surface area (Å²) in [5.74, 6) is 1.45. The number of unbranched alkanes of at least 4 members (excludes halogenated alkanes) is 2. The van der Waals surface area contributed by atoms with Gasteiger partial charge in [-0.25, -0.2) is 0 Å². The molecule has 2 aromatic rings. The van der Waals surface area contributed by atoms with Crippen LogP contribution in [0.4, 0.5) is 0 Å². The van der Waals surface area contributed by atoms with E-state index in [2.05, 4.69) is 64.1 Å². The molecular formula is C29H40B2. The summed E-state index contributed by atoms with van der Waals surface area (Å²) in [6.07, 6.45) is 12.7. The van der Waals surface area contributed by atoms with E-state index >= 15 is 0 Å². The highest BCUT2D eigenvalue weighted by molar-refractivity contribution is 6.33. The number of hydrogen-bond donors (Lipinski definition) is 0. The van der Waals surface area contributed by atoms with Crippen molar-refractivity contribution in [2.24, 2.45) is 11.8 Å². The van der Waals surface area contributed by atoms with E-state index in [0.29, 0.717) is 0 Å². The van der Waals surface area contributed by atoms with Crippen LogP contribution >= 0.6 is 0 Å². The molecule has 0 nitrogen and oxygen atoms in total. The molecule has 1 aliphatic rings. The van der Waals surface area contributed by atoms with Gasteiger partial charge in [-0.3, -0.25) is 0 Å². The lowest BCUT2D eigenvalue weighted by Crippen LogP contribution is -2.33. The summed E-state index contributed by atoms with van der Waals surface area (Å²) in [4.78, 5) is 0. The maximum atomic E-state index is 6.38. The Hall–Kier alpha value is -1.43. The van der Waals surface area contributed by atoms with Gasteiger partial charge in [-0.1, -0.05) is 126 Å². The molecule has 0 saturated carbocycles. The molecule has 2 aromatic carbocycles. The van der Waals surface area contributed by atoms with Gasteiger partial charge in [-0.2, -0.15) is 0 Å². The predicted molar refractivity (Wildman–Crippen MR) is 139 cm³/mol. The fourth-order valence-electron chi connectivity index (χ4n) is 5.93. The molecule has 0 spiro atoms. The fourth-order valence-corrected chi connectivity index (χ4v) is 5.93. The summed E-state index contributed by atoms with van der Waals surface area (Å²) in [7, 11) is 12.8. The van der Waals surface area contributed by atoms with Gasteiger partial charge < -0.3 is 0 Å². The minimum atomic E-state index is 0.0261. The van der Waals surface area contributed by atoms with Gasteiger partial charge in [0.15, 0.2) is 0 Å². The highest BCUT2D eigenvalue weighted by atomic mass is 14.5. The van der Waals surface area contributed by atoms with E-state index in [-0.39, 0.29) is 5.41 Å². The average Bonchev–Trinajstić information content (AvgIpc) is 3.02. The van der Waals surface area contributed by atoms with E-state index in [1.165, 1.54) is 86.5 Å². The van der Waals surface area contributed by atoms with Crippen LogP contribution in [0.15, 0.2) is 36.4 Å². The molecule has 0 aliphatic heterocycles. The van der Waals surface area contributed by atoms with Gasteiger partial charge in [0.05, 0.1) is 0 Å². The topological polar surface area (TPSA) is 0 Å². The van der Waals surface area contributed by atoms with Gasteiger partial charge in [0.25, 0.3) is 0 Å². The zero-order valence-electron chi connectivity index (χ0n) is 20.3. The van der Waals surface area contributed by atoms with E-state index in [4.69, 9.17) is 15.7 Å². The van der Waals surface area contributed by atoms with E-state index in [0.717, 1.165) is 22.8 Å². The standard InChI is InChI=1S/C29H40B2/c1-5-9-11-21(7-3)19-29(20-22(8-4)12-10-6-2)27-17-23(30)13-15-25(27)26-16-14-24(31)18-28(26)29/h13-18,21-22H,5-12,19-20H2,1-4H3. The van der Waals surface area contributed by atoms with Crippen LogP contribution in [0.25, 0.3) is 11.1 Å². The Morgan fingerprint density at radius 3 is 1.45 bits per heavy atom. The molecule has 0 fully saturated rings. The van der Waals surface area contributed by atoms with Crippen LogP contribution in [-0.2, 0) is 5.41 Å². The molecule has 4 radical (unpaired) electrons. The highest BCUT2D eigenvalue weighted by Gasteiger charge is 2.45. The van der Waals surface area contributed by atoms with Gasteiger partial charge >= 0.3 is 0 Å². The molecule has 2 atom stereocenters. The second-order valence-electron chi connectivity index (χ2n) is 9.93. The Kier molecular flexibility index (Phi) is 8.54. The molecule has 3 rings (SSSR count). The molecule has 0 saturated heterocycles. The Labute approximate surface area is 194 Å². The maximum Gasteiger partial charge on any atom is 0.113 e. The first-order valence-corrected chi connectivity index (χ1v) is 12.8. The van der Waals surface area contributed by atoms with Crippen LogP contribution in [0.1, 0.15) is 103 Å². The van der Waals surface area contributed by atoms with Gasteiger partial charge in [-0.05, 0) is 46.9 Å². The summed E-state index contributed by atoms with van der Waals surface area (Å²) >= 11 is 0. The monoisotopic (exact) mass is 410 g/mol. The van der Waals surface area contributed by atoms with Crippen LogP contribution in [0.5, 0.6) is 0 Å². The average molecular weight is 410 g/mol. The highest BCUT2D eigenvalue weighted by Crippen LogP contribution is 2.55. The minimum absolute atomic E-state index is 0.0261. The zero-order chi connectivity index (χ0) is 22.4. The van der Waals surface area contributed by atoms with Crippen LogP contribution in [-0.4, -0.2) is 15.7 Å². The van der Waals surface area contributed by atoms with E-state index in [9.17, 15) is 0 Å². The van der Waals surface area contributed by atoms with Crippen LogP contribution in [0.2, 0.25) is 0 Å². The van der Waals surface area contributed by atoms with Crippen molar-refractivity contribution in [1.82, 2.24) is 0 Å². The normalized spacial score (nSPS) is 16.0. The largest absolute Gasteiger partial charge is 0.113 e. The van der Waals surface area contributed by atoms with E-state index in [1.807, 2.05) is 0 Å². The molecule has 2 heteroatoms. The van der Waals surface area contributed by atoms with Gasteiger partial charge in [-0.15, -0.1) is 0 Å². The van der Waals surface area contributed by atoms with Gasteiger partial charge in [0.1, 0.15) is 15.7 Å². The molecule has 1 aliphatic carbocycles. The minimum Gasteiger partial charge on any atom is -0.0963 e. The van der Waals surface area contributed by atoms with Crippen LogP contribution < -0.4 is 10.9 Å². The van der Waals surface area contributed by atoms with Crippen molar-refractivity contribution in [3.05, 3.63) is 47.5 Å². The molecule has 0 bridgehead atoms. The number of hydrogen-bond acceptors (Lipinski definition) is 0. The van der Waals surface area contributed by atoms with Crippen molar-refractivity contribution >= 4 is 26.6 Å². The summed E-state index contributed by atoms with van der Waals surface area (Å²) in [6.45, 7) is 9.36. The lowest BCUT2D eigenvalue weighted by Gasteiger charge is -2.39. The number of rotatable bonds is 12. The number of benzene rings is 2. The third-order valence-corrected chi connectivity index (χ3v) is 7.77. The van der Waals surface area contributed by atoms with Crippen molar-refractivity contribution in [1.29, 1.82) is 0 Å². The third kappa shape index (κ3) is 5.15. The lowest BCUT2D eigenvalue weighted by molar-refractivity contribution is 0.266. The fraction of sp³-hybridized carbons (Fsp3) is 0.586. The lowest BCUT2D eigenvalue weighted by atomic mass is 9.64. The van der Waals surface area contributed by atoms with Gasteiger partial charge in [0.2, 0.25) is 0 Å². The smallest absolute Gasteiger partial charge is 0.0963 e. The Morgan fingerprint density at radius 2 is 1.10 bits per heavy atom. The molecule has 2 unspecified atom stereocenters. The van der Waals surface area contributed by atoms with Crippen molar-refractivity contribution in [2.75, 3.05) is 0 Å². The molecule has 0 amide bonds. The number of fused-ring (bicyclic) bond motifs is 3. The molecule has 0 aromatic heterocycles. The molecule has 0 N–H and O–H groups in total. The van der Waals surface area contributed by atoms with Crippen molar-refractivity contribution in [3.8, 4) is 11.1 Å². The molecule has 31 heavy (non-hydrogen) atoms. The summed E-state index contributed by atoms with van der Waals surface area (Å²) in [5, 5.41) is 0. The van der Waals surface area contributed by atoms with Crippen molar-refractivity contribution in [2.45, 2.75) is 97.3 Å². The van der Waals surface area contributed by atoms with Crippen molar-refractivity contribution < 1.29 is 0 Å². The molecule has 0 heterocycles. The van der Waals surface area contributed by atoms with Gasteiger partial charge in [0, 0.05) is 5.41 Å². The Balaban J connectivity index is 2.16. The van der Waals surface area contributed by atoms with Crippen LogP contribution in [0.3, 0.4) is 0 Å². The molecule has 162 valence electrons. The summed E-state index contributed by atoms with van der Waals surface area (Å²) in [6, 6.07) is 13.2. The van der Waals surface area contributed by atoms with Crippen molar-refractivity contribution in [3.63, 3.8) is 0 Å². The second-order valence-corrected chi connectivity index (χ2v) is 9.93. The van der Waals surface area contributed by atoms with E-state index < -0.39 is 0 Å². The summed E-state index contributed by atoms with van der Waals surface area (Å²) in [5.41, 5.74) is 7.45. The SMILES string of the molecule is [B]c1ccc2c(c1)C(CC(CC)CCCC)(CC(CC)CCCC)c1cc([B])ccc1-2. The predicted octanol–water partition coefficient (Wildman–Crippen LogP) is 6.75. The Bertz CT molecular complexity index is 782. The third-order valence-electron chi connectivity index (χ3n) is 7.77. The maximum absolute atomic E-state index is 6.38. The first-order valence-electron chi connectivity index (χ1n) is 12.8. The zero-order valence-corrected chi connectivity index (χ0v) is 20.3. The summed E-state index contributed by atoms with van der Waals surface area (Å²) < 4.78 is 0. The molecular weight excluding hydrogens is 370 g/mol. The first-order chi connectivity index (χ1) is 15.0. The van der Waals surface area contributed by atoms with Crippen LogP contribution in [0, 0.1) is 11.8 Å². The van der Waals surface area contributed by atoms with E-state index in [1.54, 1.807) is 0 Å². The Morgan fingerprint density at radius 1 is 0.677 bits per heavy atom. The quantitative estimate of drug-likeness (QED) is 0.340. The second kappa shape index (κ2) is 10.9.